The molecule has 1 aliphatic heterocycles. The van der Waals surface area contributed by atoms with Gasteiger partial charge in [-0.05, 0) is 29.8 Å². The number of rotatable bonds is 12. The van der Waals surface area contributed by atoms with Gasteiger partial charge in [-0.15, -0.1) is 0 Å². The largest absolute Gasteiger partial charge is 0.374 e. The average Bonchev–Trinajstić information content (AvgIpc) is 2.70. The molecular formula is C24H38N3S2+. The number of hydrogen-bond acceptors (Lipinski definition) is 4. The molecule has 0 spiro atoms. The van der Waals surface area contributed by atoms with Crippen molar-refractivity contribution in [2.45, 2.75) is 13.3 Å². The molecule has 0 atom stereocenters. The van der Waals surface area contributed by atoms with E-state index in [1.165, 1.54) is 35.7 Å². The van der Waals surface area contributed by atoms with Gasteiger partial charge in [-0.3, -0.25) is 0 Å². The van der Waals surface area contributed by atoms with Crippen molar-refractivity contribution >= 4 is 33.4 Å². The van der Waals surface area contributed by atoms with Crippen molar-refractivity contribution < 1.29 is 4.48 Å². The molecule has 29 heavy (non-hydrogen) atoms. The van der Waals surface area contributed by atoms with Gasteiger partial charge in [0.05, 0.1) is 27.7 Å². The molecule has 0 bridgehead atoms. The van der Waals surface area contributed by atoms with Crippen molar-refractivity contribution in [3.05, 3.63) is 59.8 Å². The maximum absolute atomic E-state index is 2.45. The van der Waals surface area contributed by atoms with Gasteiger partial charge >= 0.3 is 0 Å². The topological polar surface area (TPSA) is 6.48 Å². The maximum Gasteiger partial charge on any atom is 0.0797 e. The Morgan fingerprint density at radius 3 is 2.55 bits per heavy atom. The van der Waals surface area contributed by atoms with Gasteiger partial charge in [-0.2, -0.15) is 0 Å². The van der Waals surface area contributed by atoms with Gasteiger partial charge in [-0.1, -0.05) is 58.9 Å². The van der Waals surface area contributed by atoms with Crippen molar-refractivity contribution in [3.8, 4) is 0 Å². The van der Waals surface area contributed by atoms with Crippen LogP contribution in [0.4, 0.5) is 5.69 Å². The van der Waals surface area contributed by atoms with Crippen LogP contribution in [-0.4, -0.2) is 75.3 Å². The van der Waals surface area contributed by atoms with E-state index in [4.69, 9.17) is 0 Å². The second-order valence-corrected chi connectivity index (χ2v) is 11.3. The molecule has 1 aromatic carbocycles. The molecule has 0 aliphatic carbocycles. The van der Waals surface area contributed by atoms with Crippen molar-refractivity contribution in [1.29, 1.82) is 0 Å². The lowest BCUT2D eigenvalue weighted by Gasteiger charge is -2.26. The van der Waals surface area contributed by atoms with Crippen LogP contribution in [0.1, 0.15) is 18.9 Å². The summed E-state index contributed by atoms with van der Waals surface area (Å²) in [6, 6.07) is 8.91. The summed E-state index contributed by atoms with van der Waals surface area (Å²) in [5.74, 6) is 2.33. The highest BCUT2D eigenvalue weighted by atomic mass is 33.1. The standard InChI is InChI=1S/C24H38N3S2/c1-6-28-29-21-19-26-18-8-7-10-24(26)16-13-22-11-14-23(15-12-22)25(2)17-9-20-27(3,4)5/h7-8,10-16H,6,9,17-21H2,1-5H3/q+1. The minimum absolute atomic E-state index is 1.00. The Kier molecular flexibility index (Phi) is 10.3. The fourth-order valence-electron chi connectivity index (χ4n) is 3.17. The summed E-state index contributed by atoms with van der Waals surface area (Å²) in [7, 11) is 12.9. The first-order chi connectivity index (χ1) is 13.9. The highest BCUT2D eigenvalue weighted by Gasteiger charge is 2.09. The molecule has 0 N–H and O–H groups in total. The smallest absolute Gasteiger partial charge is 0.0797 e. The first-order valence-electron chi connectivity index (χ1n) is 10.5. The third-order valence-electron chi connectivity index (χ3n) is 4.84. The second-order valence-electron chi connectivity index (χ2n) is 8.41. The van der Waals surface area contributed by atoms with Gasteiger partial charge in [0.15, 0.2) is 0 Å². The molecule has 0 aromatic heterocycles. The zero-order valence-electron chi connectivity index (χ0n) is 18.8. The van der Waals surface area contributed by atoms with Crippen molar-refractivity contribution in [2.75, 3.05) is 70.8 Å². The van der Waals surface area contributed by atoms with Gasteiger partial charge in [-0.25, -0.2) is 0 Å². The van der Waals surface area contributed by atoms with Crippen molar-refractivity contribution in [2.24, 2.45) is 0 Å². The SMILES string of the molecule is CCSSCCN1CC=CC=C1C=Cc1ccc(N(C)CCC[N+](C)(C)C)cc1. The Morgan fingerprint density at radius 2 is 1.86 bits per heavy atom. The first kappa shape index (κ1) is 24.0. The van der Waals surface area contributed by atoms with E-state index in [9.17, 15) is 0 Å². The zero-order valence-corrected chi connectivity index (χ0v) is 20.4. The van der Waals surface area contributed by atoms with E-state index in [0.29, 0.717) is 0 Å². The number of benzene rings is 1. The summed E-state index contributed by atoms with van der Waals surface area (Å²) >= 11 is 0. The molecule has 0 radical (unpaired) electrons. The van der Waals surface area contributed by atoms with E-state index < -0.39 is 0 Å². The fourth-order valence-corrected chi connectivity index (χ4v) is 4.83. The number of allylic oxidation sites excluding steroid dienone is 3. The van der Waals surface area contributed by atoms with E-state index in [1.54, 1.807) is 0 Å². The molecule has 3 nitrogen and oxygen atoms in total. The molecule has 0 unspecified atom stereocenters. The predicted molar refractivity (Wildman–Crippen MR) is 136 cm³/mol. The molecule has 1 aliphatic rings. The summed E-state index contributed by atoms with van der Waals surface area (Å²) in [4.78, 5) is 4.81. The minimum atomic E-state index is 1.00. The molecule has 160 valence electrons. The number of quaternary nitrogens is 1. The highest BCUT2D eigenvalue weighted by molar-refractivity contribution is 8.76. The zero-order chi connectivity index (χ0) is 21.1. The van der Waals surface area contributed by atoms with Crippen LogP contribution in [0, 0.1) is 0 Å². The second kappa shape index (κ2) is 12.4. The lowest BCUT2D eigenvalue weighted by molar-refractivity contribution is -0.870. The quantitative estimate of drug-likeness (QED) is 0.248. The number of anilines is 1. The highest BCUT2D eigenvalue weighted by Crippen LogP contribution is 2.22. The summed E-state index contributed by atoms with van der Waals surface area (Å²) in [5.41, 5.74) is 3.84. The summed E-state index contributed by atoms with van der Waals surface area (Å²) in [6.07, 6.45) is 12.3. The Hall–Kier alpha value is -1.30. The number of nitrogens with zero attached hydrogens (tertiary/aromatic N) is 3. The van der Waals surface area contributed by atoms with Gasteiger partial charge in [0.25, 0.3) is 0 Å². The molecule has 2 rings (SSSR count). The van der Waals surface area contributed by atoms with E-state index in [2.05, 4.69) is 99.6 Å². The first-order valence-corrected chi connectivity index (χ1v) is 13.0. The third kappa shape index (κ3) is 9.37. The van der Waals surface area contributed by atoms with Gasteiger partial charge in [0, 0.05) is 56.0 Å². The van der Waals surface area contributed by atoms with E-state index >= 15 is 0 Å². The molecule has 0 amide bonds. The van der Waals surface area contributed by atoms with Crippen LogP contribution >= 0.6 is 21.6 Å². The Morgan fingerprint density at radius 1 is 1.10 bits per heavy atom. The van der Waals surface area contributed by atoms with Crippen LogP contribution in [-0.2, 0) is 0 Å². The lowest BCUT2D eigenvalue weighted by atomic mass is 10.1. The normalized spacial score (nSPS) is 14.5. The summed E-state index contributed by atoms with van der Waals surface area (Å²) in [5, 5.41) is 0. The average molecular weight is 433 g/mol. The van der Waals surface area contributed by atoms with Crippen LogP contribution < -0.4 is 4.90 Å². The fraction of sp³-hybridized carbons (Fsp3) is 0.500. The van der Waals surface area contributed by atoms with Crippen LogP contribution in [0.5, 0.6) is 0 Å². The van der Waals surface area contributed by atoms with Crippen LogP contribution in [0.15, 0.2) is 54.3 Å². The van der Waals surface area contributed by atoms with E-state index in [0.717, 1.165) is 29.9 Å². The van der Waals surface area contributed by atoms with Crippen LogP contribution in [0.3, 0.4) is 0 Å². The monoisotopic (exact) mass is 432 g/mol. The maximum atomic E-state index is 2.45. The summed E-state index contributed by atoms with van der Waals surface area (Å²) < 4.78 is 1.02. The molecule has 5 heteroatoms. The third-order valence-corrected chi connectivity index (χ3v) is 7.30. The minimum Gasteiger partial charge on any atom is -0.374 e. The predicted octanol–water partition coefficient (Wildman–Crippen LogP) is 5.39. The molecule has 0 saturated heterocycles. The molecule has 1 heterocycles. The molecule has 1 aromatic rings. The Balaban J connectivity index is 1.88. The van der Waals surface area contributed by atoms with E-state index in [-0.39, 0.29) is 0 Å². The Labute approximate surface area is 186 Å². The number of hydrogen-bond donors (Lipinski definition) is 0. The Bertz CT molecular complexity index is 687. The van der Waals surface area contributed by atoms with Crippen LogP contribution in [0.25, 0.3) is 6.08 Å². The van der Waals surface area contributed by atoms with Crippen LogP contribution in [0.2, 0.25) is 0 Å². The molecular weight excluding hydrogens is 394 g/mol. The van der Waals surface area contributed by atoms with Gasteiger partial charge < -0.3 is 14.3 Å². The van der Waals surface area contributed by atoms with Crippen molar-refractivity contribution in [1.82, 2.24) is 4.90 Å². The summed E-state index contributed by atoms with van der Waals surface area (Å²) in [6.45, 7) is 6.59. The van der Waals surface area contributed by atoms with Gasteiger partial charge in [0.1, 0.15) is 0 Å². The van der Waals surface area contributed by atoms with Gasteiger partial charge in [0.2, 0.25) is 0 Å². The van der Waals surface area contributed by atoms with Crippen molar-refractivity contribution in [3.63, 3.8) is 0 Å². The van der Waals surface area contributed by atoms with E-state index in [1.807, 2.05) is 21.6 Å². The molecule has 0 fully saturated rings. The lowest BCUT2D eigenvalue weighted by Crippen LogP contribution is -2.37. The molecule has 0 saturated carbocycles.